The first-order valence-corrected chi connectivity index (χ1v) is 7.47. The molecule has 0 saturated carbocycles. The molecule has 0 aliphatic carbocycles. The molecule has 0 unspecified atom stereocenters. The summed E-state index contributed by atoms with van der Waals surface area (Å²) in [5.41, 5.74) is 3.79. The van der Waals surface area contributed by atoms with Crippen LogP contribution in [0.3, 0.4) is 0 Å². The molecule has 1 atom stereocenters. The van der Waals surface area contributed by atoms with E-state index in [9.17, 15) is 0 Å². The van der Waals surface area contributed by atoms with Crippen molar-refractivity contribution in [2.75, 3.05) is 0 Å². The maximum atomic E-state index is 6.09. The largest absolute Gasteiger partial charge is 0.306 e. The van der Waals surface area contributed by atoms with Crippen molar-refractivity contribution in [1.82, 2.24) is 5.32 Å². The Morgan fingerprint density at radius 3 is 2.68 bits per heavy atom. The molecule has 1 N–H and O–H groups in total. The van der Waals surface area contributed by atoms with Crippen LogP contribution in [0.5, 0.6) is 0 Å². The monoisotopic (exact) mass is 337 g/mol. The lowest BCUT2D eigenvalue weighted by Gasteiger charge is -2.15. The number of benzene rings is 2. The van der Waals surface area contributed by atoms with E-state index in [1.807, 2.05) is 12.1 Å². The molecule has 0 aliphatic heterocycles. The van der Waals surface area contributed by atoms with Crippen molar-refractivity contribution < 1.29 is 0 Å². The maximum Gasteiger partial charge on any atom is 0.0551 e. The van der Waals surface area contributed by atoms with Gasteiger partial charge in [-0.05, 0) is 53.0 Å². The highest BCUT2D eigenvalue weighted by Gasteiger charge is 2.05. The second-order valence-electron chi connectivity index (χ2n) is 4.77. The minimum Gasteiger partial charge on any atom is -0.306 e. The van der Waals surface area contributed by atoms with Crippen LogP contribution in [0.4, 0.5) is 0 Å². The van der Waals surface area contributed by atoms with E-state index in [0.29, 0.717) is 6.04 Å². The van der Waals surface area contributed by atoms with Gasteiger partial charge in [-0.2, -0.15) is 0 Å². The standard InChI is InChI=1S/C16H17BrClN/c1-11-4-3-5-14(8-11)12(2)19-10-13-6-7-15(17)16(18)9-13/h3-9,12,19H,10H2,1-2H3/t12-/m0/s1. The first-order valence-electron chi connectivity index (χ1n) is 6.30. The smallest absolute Gasteiger partial charge is 0.0551 e. The average Bonchev–Trinajstić information content (AvgIpc) is 2.40. The molecule has 0 radical (unpaired) electrons. The number of hydrogen-bond donors (Lipinski definition) is 1. The Morgan fingerprint density at radius 2 is 2.00 bits per heavy atom. The lowest BCUT2D eigenvalue weighted by Crippen LogP contribution is -2.18. The number of aryl methyl sites for hydroxylation is 1. The molecule has 0 fully saturated rings. The molecule has 0 aliphatic rings. The number of rotatable bonds is 4. The first-order chi connectivity index (χ1) is 9.06. The molecule has 3 heteroatoms. The molecule has 0 saturated heterocycles. The molecule has 0 aromatic heterocycles. The quantitative estimate of drug-likeness (QED) is 0.801. The zero-order valence-corrected chi connectivity index (χ0v) is 13.4. The molecule has 2 aromatic rings. The number of halogens is 2. The summed E-state index contributed by atoms with van der Waals surface area (Å²) in [5.74, 6) is 0. The van der Waals surface area contributed by atoms with Gasteiger partial charge in [-0.1, -0.05) is 47.5 Å². The van der Waals surface area contributed by atoms with E-state index < -0.39 is 0 Å². The van der Waals surface area contributed by atoms with Gasteiger partial charge in [0.15, 0.2) is 0 Å². The van der Waals surface area contributed by atoms with Gasteiger partial charge in [0.2, 0.25) is 0 Å². The van der Waals surface area contributed by atoms with Crippen molar-refractivity contribution in [3.63, 3.8) is 0 Å². The van der Waals surface area contributed by atoms with E-state index in [4.69, 9.17) is 11.6 Å². The SMILES string of the molecule is Cc1cccc([C@H](C)NCc2ccc(Br)c(Cl)c2)c1. The van der Waals surface area contributed by atoms with Crippen molar-refractivity contribution in [2.45, 2.75) is 26.4 Å². The minimum atomic E-state index is 0.322. The van der Waals surface area contributed by atoms with Gasteiger partial charge >= 0.3 is 0 Å². The number of hydrogen-bond acceptors (Lipinski definition) is 1. The normalized spacial score (nSPS) is 12.4. The zero-order chi connectivity index (χ0) is 13.8. The fourth-order valence-corrected chi connectivity index (χ4v) is 2.43. The Bertz CT molecular complexity index is 568. The summed E-state index contributed by atoms with van der Waals surface area (Å²) in [6, 6.07) is 14.9. The molecule has 2 aromatic carbocycles. The Balaban J connectivity index is 2.00. The molecule has 0 bridgehead atoms. The Kier molecular flexibility index (Phi) is 5.03. The van der Waals surface area contributed by atoms with Crippen LogP contribution in [-0.2, 0) is 6.54 Å². The lowest BCUT2D eigenvalue weighted by molar-refractivity contribution is 0.574. The third-order valence-electron chi connectivity index (χ3n) is 3.14. The van der Waals surface area contributed by atoms with Crippen molar-refractivity contribution in [3.8, 4) is 0 Å². The maximum absolute atomic E-state index is 6.09. The van der Waals surface area contributed by atoms with E-state index in [1.54, 1.807) is 0 Å². The van der Waals surface area contributed by atoms with Crippen molar-refractivity contribution in [3.05, 3.63) is 68.7 Å². The van der Waals surface area contributed by atoms with E-state index >= 15 is 0 Å². The first kappa shape index (κ1) is 14.6. The summed E-state index contributed by atoms with van der Waals surface area (Å²) >= 11 is 9.49. The van der Waals surface area contributed by atoms with Crippen LogP contribution in [0.2, 0.25) is 5.02 Å². The summed E-state index contributed by atoms with van der Waals surface area (Å²) in [5, 5.41) is 4.27. The zero-order valence-electron chi connectivity index (χ0n) is 11.1. The van der Waals surface area contributed by atoms with Gasteiger partial charge in [-0.3, -0.25) is 0 Å². The van der Waals surface area contributed by atoms with E-state index in [-0.39, 0.29) is 0 Å². The van der Waals surface area contributed by atoms with E-state index in [0.717, 1.165) is 16.0 Å². The summed E-state index contributed by atoms with van der Waals surface area (Å²) < 4.78 is 0.935. The van der Waals surface area contributed by atoms with E-state index in [2.05, 4.69) is 65.4 Å². The minimum absolute atomic E-state index is 0.322. The van der Waals surface area contributed by atoms with Crippen LogP contribution in [0.1, 0.15) is 29.7 Å². The van der Waals surface area contributed by atoms with Crippen LogP contribution in [0.25, 0.3) is 0 Å². The second-order valence-corrected chi connectivity index (χ2v) is 6.03. The van der Waals surface area contributed by atoms with Gasteiger partial charge < -0.3 is 5.32 Å². The van der Waals surface area contributed by atoms with Gasteiger partial charge in [0.05, 0.1) is 5.02 Å². The molecular formula is C16H17BrClN. The predicted molar refractivity (Wildman–Crippen MR) is 85.6 cm³/mol. The Morgan fingerprint density at radius 1 is 1.21 bits per heavy atom. The van der Waals surface area contributed by atoms with Crippen LogP contribution >= 0.6 is 27.5 Å². The van der Waals surface area contributed by atoms with E-state index in [1.165, 1.54) is 16.7 Å². The molecule has 19 heavy (non-hydrogen) atoms. The predicted octanol–water partition coefficient (Wildman–Crippen LogP) is 5.26. The third kappa shape index (κ3) is 4.07. The fraction of sp³-hybridized carbons (Fsp3) is 0.250. The fourth-order valence-electron chi connectivity index (χ4n) is 1.98. The van der Waals surface area contributed by atoms with Gasteiger partial charge in [0.1, 0.15) is 0 Å². The highest BCUT2D eigenvalue weighted by atomic mass is 79.9. The average molecular weight is 339 g/mol. The summed E-state index contributed by atoms with van der Waals surface area (Å²) in [6.07, 6.45) is 0. The van der Waals surface area contributed by atoms with Gasteiger partial charge in [0.25, 0.3) is 0 Å². The molecule has 0 spiro atoms. The highest BCUT2D eigenvalue weighted by molar-refractivity contribution is 9.10. The van der Waals surface area contributed by atoms with Crippen LogP contribution in [-0.4, -0.2) is 0 Å². The van der Waals surface area contributed by atoms with Crippen LogP contribution in [0.15, 0.2) is 46.9 Å². The van der Waals surface area contributed by atoms with Gasteiger partial charge in [-0.25, -0.2) is 0 Å². The molecule has 0 amide bonds. The van der Waals surface area contributed by atoms with Crippen molar-refractivity contribution >= 4 is 27.5 Å². The number of nitrogens with one attached hydrogen (secondary N) is 1. The Hall–Kier alpha value is -0.830. The Labute approximate surface area is 128 Å². The molecule has 1 nitrogen and oxygen atoms in total. The second kappa shape index (κ2) is 6.56. The lowest BCUT2D eigenvalue weighted by atomic mass is 10.1. The molecule has 0 heterocycles. The summed E-state index contributed by atoms with van der Waals surface area (Å²) in [4.78, 5) is 0. The highest BCUT2D eigenvalue weighted by Crippen LogP contribution is 2.23. The van der Waals surface area contributed by atoms with Crippen molar-refractivity contribution in [2.24, 2.45) is 0 Å². The topological polar surface area (TPSA) is 12.0 Å². The molecular weight excluding hydrogens is 322 g/mol. The molecule has 2 rings (SSSR count). The van der Waals surface area contributed by atoms with Gasteiger partial charge in [0, 0.05) is 17.1 Å². The third-order valence-corrected chi connectivity index (χ3v) is 4.37. The molecule has 100 valence electrons. The van der Waals surface area contributed by atoms with Crippen LogP contribution in [0, 0.1) is 6.92 Å². The van der Waals surface area contributed by atoms with Gasteiger partial charge in [-0.15, -0.1) is 0 Å². The summed E-state index contributed by atoms with van der Waals surface area (Å²) in [7, 11) is 0. The van der Waals surface area contributed by atoms with Crippen molar-refractivity contribution in [1.29, 1.82) is 0 Å². The summed E-state index contributed by atoms with van der Waals surface area (Å²) in [6.45, 7) is 5.10. The van der Waals surface area contributed by atoms with Crippen LogP contribution < -0.4 is 5.32 Å².